The van der Waals surface area contributed by atoms with E-state index in [2.05, 4.69) is 15.6 Å². The van der Waals surface area contributed by atoms with Gasteiger partial charge in [-0.3, -0.25) is 4.79 Å². The minimum Gasteiger partial charge on any atom is -0.351 e. The topological polar surface area (TPSA) is 54.0 Å². The summed E-state index contributed by atoms with van der Waals surface area (Å²) in [5.74, 6) is 0.601. The molecule has 0 aromatic carbocycles. The number of aryl methyl sites for hydroxylation is 1. The number of hydrogen-bond acceptors (Lipinski definition) is 4. The molecule has 2 N–H and O–H groups in total. The molecule has 1 amide bonds. The summed E-state index contributed by atoms with van der Waals surface area (Å²) in [6, 6.07) is 0. The Morgan fingerprint density at radius 1 is 1.65 bits per heavy atom. The normalized spacial score (nSPS) is 18.1. The van der Waals surface area contributed by atoms with Gasteiger partial charge in [0.2, 0.25) is 0 Å². The monoisotopic (exact) mass is 297 g/mol. The summed E-state index contributed by atoms with van der Waals surface area (Å²) >= 11 is 1.40. The van der Waals surface area contributed by atoms with Crippen molar-refractivity contribution in [3.8, 4) is 0 Å². The molecule has 0 spiro atoms. The summed E-state index contributed by atoms with van der Waals surface area (Å²) in [7, 11) is 0. The van der Waals surface area contributed by atoms with Gasteiger partial charge >= 0.3 is 0 Å². The fraction of sp³-hybridized carbons (Fsp3) is 0.600. The molecule has 98 valence electrons. The highest BCUT2D eigenvalue weighted by molar-refractivity contribution is 7.11. The van der Waals surface area contributed by atoms with Crippen molar-refractivity contribution in [1.82, 2.24) is 15.6 Å². The minimum absolute atomic E-state index is 0. The molecule has 0 aliphatic carbocycles. The molecule has 0 radical (unpaired) electrons. The van der Waals surface area contributed by atoms with E-state index < -0.39 is 0 Å². The quantitative estimate of drug-likeness (QED) is 0.892. The van der Waals surface area contributed by atoms with Crippen molar-refractivity contribution in [3.63, 3.8) is 0 Å². The van der Waals surface area contributed by atoms with E-state index in [1.165, 1.54) is 11.3 Å². The third-order valence-corrected chi connectivity index (χ3v) is 3.59. The summed E-state index contributed by atoms with van der Waals surface area (Å²) in [6.45, 7) is 4.72. The number of aromatic nitrogens is 1. The van der Waals surface area contributed by atoms with Crippen LogP contribution in [-0.4, -0.2) is 30.5 Å². The lowest BCUT2D eigenvalue weighted by atomic mass is 10.1. The van der Waals surface area contributed by atoms with Gasteiger partial charge in [-0.15, -0.1) is 36.2 Å². The van der Waals surface area contributed by atoms with E-state index in [-0.39, 0.29) is 30.7 Å². The SMILES string of the molecule is Cc1ncsc1C(=O)NCC1CCNC1.Cl.Cl. The average molecular weight is 298 g/mol. The summed E-state index contributed by atoms with van der Waals surface area (Å²) in [5, 5.41) is 6.24. The van der Waals surface area contributed by atoms with Crippen LogP contribution in [-0.2, 0) is 0 Å². The van der Waals surface area contributed by atoms with Crippen LogP contribution in [0.4, 0.5) is 0 Å². The van der Waals surface area contributed by atoms with Gasteiger partial charge in [-0.1, -0.05) is 0 Å². The lowest BCUT2D eigenvalue weighted by molar-refractivity contribution is 0.0951. The Hall–Kier alpha value is -0.360. The Morgan fingerprint density at radius 2 is 2.41 bits per heavy atom. The first-order valence-corrected chi connectivity index (χ1v) is 6.04. The highest BCUT2D eigenvalue weighted by atomic mass is 35.5. The molecule has 1 aromatic heterocycles. The zero-order valence-corrected chi connectivity index (χ0v) is 12.0. The number of thiazole rings is 1. The summed E-state index contributed by atoms with van der Waals surface area (Å²) in [5.41, 5.74) is 2.53. The zero-order chi connectivity index (χ0) is 10.7. The van der Waals surface area contributed by atoms with E-state index in [4.69, 9.17) is 0 Å². The van der Waals surface area contributed by atoms with E-state index in [1.54, 1.807) is 5.51 Å². The van der Waals surface area contributed by atoms with Crippen molar-refractivity contribution in [2.24, 2.45) is 5.92 Å². The molecule has 7 heteroatoms. The molecule has 2 heterocycles. The first kappa shape index (κ1) is 16.6. The average Bonchev–Trinajstić information content (AvgIpc) is 2.84. The Morgan fingerprint density at radius 3 is 2.94 bits per heavy atom. The van der Waals surface area contributed by atoms with Crippen LogP contribution in [0, 0.1) is 12.8 Å². The second-order valence-electron chi connectivity index (χ2n) is 3.84. The molecule has 1 aliphatic heterocycles. The number of amides is 1. The summed E-state index contributed by atoms with van der Waals surface area (Å²) in [6.07, 6.45) is 1.15. The second-order valence-corrected chi connectivity index (χ2v) is 4.69. The molecule has 1 atom stereocenters. The van der Waals surface area contributed by atoms with Crippen LogP contribution in [0.15, 0.2) is 5.51 Å². The molecule has 1 aromatic rings. The smallest absolute Gasteiger partial charge is 0.263 e. The van der Waals surface area contributed by atoms with Crippen LogP contribution in [0.1, 0.15) is 21.8 Å². The van der Waals surface area contributed by atoms with E-state index in [1.807, 2.05) is 6.92 Å². The molecule has 0 saturated carbocycles. The second kappa shape index (κ2) is 7.87. The van der Waals surface area contributed by atoms with E-state index >= 15 is 0 Å². The van der Waals surface area contributed by atoms with Crippen LogP contribution in [0.25, 0.3) is 0 Å². The predicted octanol–water partition coefficient (Wildman–Crippen LogP) is 1.63. The standard InChI is InChI=1S/C10H15N3OS.2ClH/c1-7-9(15-6-13-7)10(14)12-5-8-2-3-11-4-8;;/h6,8,11H,2-5H2,1H3,(H,12,14);2*1H. The fourth-order valence-corrected chi connectivity index (χ4v) is 2.44. The van der Waals surface area contributed by atoms with Crippen molar-refractivity contribution in [1.29, 1.82) is 0 Å². The van der Waals surface area contributed by atoms with Gasteiger partial charge in [0.1, 0.15) is 4.88 Å². The van der Waals surface area contributed by atoms with Gasteiger partial charge in [0.05, 0.1) is 11.2 Å². The van der Waals surface area contributed by atoms with Crippen molar-refractivity contribution in [2.75, 3.05) is 19.6 Å². The number of carbonyl (C=O) groups is 1. The molecule has 1 aliphatic rings. The van der Waals surface area contributed by atoms with Crippen molar-refractivity contribution in [3.05, 3.63) is 16.1 Å². The minimum atomic E-state index is 0. The maximum Gasteiger partial charge on any atom is 0.263 e. The van der Waals surface area contributed by atoms with Gasteiger partial charge in [-0.05, 0) is 32.4 Å². The largest absolute Gasteiger partial charge is 0.351 e. The molecule has 0 bridgehead atoms. The first-order chi connectivity index (χ1) is 7.27. The molecule has 2 rings (SSSR count). The number of rotatable bonds is 3. The fourth-order valence-electron chi connectivity index (χ4n) is 1.73. The number of hydrogen-bond donors (Lipinski definition) is 2. The van der Waals surface area contributed by atoms with Gasteiger partial charge in [0, 0.05) is 6.54 Å². The highest BCUT2D eigenvalue weighted by Crippen LogP contribution is 2.12. The molecular weight excluding hydrogens is 281 g/mol. The van der Waals surface area contributed by atoms with Crippen molar-refractivity contribution >= 4 is 42.1 Å². The Balaban J connectivity index is 0.00000128. The third-order valence-electron chi connectivity index (χ3n) is 2.67. The van der Waals surface area contributed by atoms with Gasteiger partial charge in [-0.2, -0.15) is 0 Å². The van der Waals surface area contributed by atoms with Gasteiger partial charge < -0.3 is 10.6 Å². The van der Waals surface area contributed by atoms with Crippen LogP contribution < -0.4 is 10.6 Å². The molecule has 1 unspecified atom stereocenters. The highest BCUT2D eigenvalue weighted by Gasteiger charge is 2.17. The van der Waals surface area contributed by atoms with Crippen LogP contribution in [0.5, 0.6) is 0 Å². The van der Waals surface area contributed by atoms with Crippen LogP contribution in [0.3, 0.4) is 0 Å². The number of nitrogens with one attached hydrogen (secondary N) is 2. The lowest BCUT2D eigenvalue weighted by Gasteiger charge is -2.09. The molecule has 1 fully saturated rings. The van der Waals surface area contributed by atoms with E-state index in [0.29, 0.717) is 5.92 Å². The first-order valence-electron chi connectivity index (χ1n) is 5.16. The van der Waals surface area contributed by atoms with Gasteiger partial charge in [0.15, 0.2) is 0 Å². The molecule has 4 nitrogen and oxygen atoms in total. The Kier molecular flexibility index (Phi) is 7.70. The lowest BCUT2D eigenvalue weighted by Crippen LogP contribution is -2.30. The molecular formula is C10H17Cl2N3OS. The van der Waals surface area contributed by atoms with Crippen LogP contribution in [0.2, 0.25) is 0 Å². The maximum atomic E-state index is 11.7. The van der Waals surface area contributed by atoms with E-state index in [0.717, 1.165) is 36.6 Å². The summed E-state index contributed by atoms with van der Waals surface area (Å²) in [4.78, 5) is 16.5. The third kappa shape index (κ3) is 4.43. The summed E-state index contributed by atoms with van der Waals surface area (Å²) < 4.78 is 0. The van der Waals surface area contributed by atoms with E-state index in [9.17, 15) is 4.79 Å². The Labute approximate surface area is 117 Å². The van der Waals surface area contributed by atoms with Crippen LogP contribution >= 0.6 is 36.2 Å². The Bertz CT molecular complexity index is 353. The molecule has 1 saturated heterocycles. The zero-order valence-electron chi connectivity index (χ0n) is 9.56. The van der Waals surface area contributed by atoms with Crippen molar-refractivity contribution in [2.45, 2.75) is 13.3 Å². The number of halogens is 2. The number of nitrogens with zero attached hydrogens (tertiary/aromatic N) is 1. The maximum absolute atomic E-state index is 11.7. The predicted molar refractivity (Wildman–Crippen MR) is 74.7 cm³/mol. The molecule has 17 heavy (non-hydrogen) atoms. The number of carbonyl (C=O) groups excluding carboxylic acids is 1. The van der Waals surface area contributed by atoms with Gasteiger partial charge in [-0.25, -0.2) is 4.98 Å². The van der Waals surface area contributed by atoms with Crippen molar-refractivity contribution < 1.29 is 4.79 Å². The van der Waals surface area contributed by atoms with Gasteiger partial charge in [0.25, 0.3) is 5.91 Å².